The molecule has 0 atom stereocenters. The zero-order chi connectivity index (χ0) is 15.2. The number of phenolic OH excluding ortho intramolecular Hbond substituents is 1. The number of hydrogen-bond donors (Lipinski definition) is 3. The molecule has 0 radical (unpaired) electrons. The Bertz CT molecular complexity index is 711. The van der Waals surface area contributed by atoms with Crippen LogP contribution in [0.25, 0.3) is 0 Å². The Labute approximate surface area is 120 Å². The fraction of sp³-hybridized carbons (Fsp3) is 0.231. The van der Waals surface area contributed by atoms with Gasteiger partial charge in [0.05, 0.1) is 12.8 Å². The molecule has 8 heteroatoms. The van der Waals surface area contributed by atoms with Crippen LogP contribution in [0.2, 0.25) is 0 Å². The number of benzene rings is 1. The summed E-state index contributed by atoms with van der Waals surface area (Å²) in [6, 6.07) is 5.07. The Morgan fingerprint density at radius 2 is 2.29 bits per heavy atom. The van der Waals surface area contributed by atoms with Crippen molar-refractivity contribution in [3.63, 3.8) is 0 Å². The highest BCUT2D eigenvalue weighted by atomic mass is 16.5. The first kappa shape index (κ1) is 14.5. The molecule has 0 bridgehead atoms. The van der Waals surface area contributed by atoms with E-state index in [9.17, 15) is 9.90 Å². The van der Waals surface area contributed by atoms with Gasteiger partial charge in [0.1, 0.15) is 5.69 Å². The zero-order valence-corrected chi connectivity index (χ0v) is 11.6. The third kappa shape index (κ3) is 3.56. The molecular formula is C13H15N5O3. The molecule has 0 aliphatic carbocycles. The minimum Gasteiger partial charge on any atom is -0.504 e. The fourth-order valence-corrected chi connectivity index (χ4v) is 1.52. The Morgan fingerprint density at radius 1 is 1.48 bits per heavy atom. The van der Waals surface area contributed by atoms with Gasteiger partial charge in [0, 0.05) is 5.56 Å². The number of aromatic nitrogens is 3. The van der Waals surface area contributed by atoms with E-state index in [1.807, 2.05) is 6.92 Å². The first-order valence-electron chi connectivity index (χ1n) is 6.29. The van der Waals surface area contributed by atoms with Crippen molar-refractivity contribution >= 4 is 12.2 Å². The molecule has 3 N–H and O–H groups in total. The van der Waals surface area contributed by atoms with Crippen molar-refractivity contribution in [2.45, 2.75) is 13.8 Å². The summed E-state index contributed by atoms with van der Waals surface area (Å²) in [7, 11) is 0. The Kier molecular flexibility index (Phi) is 4.50. The van der Waals surface area contributed by atoms with Gasteiger partial charge in [-0.2, -0.15) is 5.10 Å². The summed E-state index contributed by atoms with van der Waals surface area (Å²) in [5, 5.41) is 21.2. The number of aryl methyl sites for hydroxylation is 1. The second kappa shape index (κ2) is 6.51. The molecule has 0 fully saturated rings. The molecule has 0 saturated carbocycles. The topological polar surface area (TPSA) is 112 Å². The summed E-state index contributed by atoms with van der Waals surface area (Å²) in [5.41, 5.74) is 2.92. The van der Waals surface area contributed by atoms with E-state index in [-0.39, 0.29) is 23.0 Å². The predicted molar refractivity (Wildman–Crippen MR) is 77.9 cm³/mol. The molecule has 21 heavy (non-hydrogen) atoms. The van der Waals surface area contributed by atoms with Gasteiger partial charge in [-0.25, -0.2) is 5.43 Å². The third-order valence-corrected chi connectivity index (χ3v) is 2.56. The average molecular weight is 289 g/mol. The molecule has 0 spiro atoms. The average Bonchev–Trinajstić information content (AvgIpc) is 2.47. The first-order valence-corrected chi connectivity index (χ1v) is 6.29. The zero-order valence-electron chi connectivity index (χ0n) is 11.6. The Hall–Kier alpha value is -2.90. The maximum absolute atomic E-state index is 11.3. The molecule has 8 nitrogen and oxygen atoms in total. The highest BCUT2D eigenvalue weighted by Gasteiger charge is 2.05. The Morgan fingerprint density at radius 3 is 3.00 bits per heavy atom. The van der Waals surface area contributed by atoms with Crippen LogP contribution in [0.5, 0.6) is 11.5 Å². The van der Waals surface area contributed by atoms with E-state index < -0.39 is 0 Å². The van der Waals surface area contributed by atoms with Crippen molar-refractivity contribution in [1.29, 1.82) is 0 Å². The van der Waals surface area contributed by atoms with Crippen LogP contribution in [-0.4, -0.2) is 33.1 Å². The summed E-state index contributed by atoms with van der Waals surface area (Å²) in [5.74, 6) is 0.487. The Balaban J connectivity index is 2.12. The van der Waals surface area contributed by atoms with Crippen molar-refractivity contribution in [2.24, 2.45) is 5.10 Å². The van der Waals surface area contributed by atoms with Crippen molar-refractivity contribution in [3.8, 4) is 11.5 Å². The van der Waals surface area contributed by atoms with E-state index in [1.165, 1.54) is 6.21 Å². The summed E-state index contributed by atoms with van der Waals surface area (Å²) in [6.07, 6.45) is 1.39. The maximum Gasteiger partial charge on any atom is 0.274 e. The van der Waals surface area contributed by atoms with E-state index in [0.29, 0.717) is 17.9 Å². The van der Waals surface area contributed by atoms with E-state index in [2.05, 4.69) is 25.7 Å². The van der Waals surface area contributed by atoms with E-state index >= 15 is 0 Å². The van der Waals surface area contributed by atoms with Gasteiger partial charge in [-0.15, -0.1) is 10.2 Å². The number of hydrogen-bond acceptors (Lipinski definition) is 7. The van der Waals surface area contributed by atoms with Crippen LogP contribution in [0.15, 0.2) is 28.1 Å². The van der Waals surface area contributed by atoms with Gasteiger partial charge < -0.3 is 9.84 Å². The van der Waals surface area contributed by atoms with Crippen LogP contribution in [0, 0.1) is 6.92 Å². The lowest BCUT2D eigenvalue weighted by Crippen LogP contribution is -2.15. The maximum atomic E-state index is 11.3. The van der Waals surface area contributed by atoms with E-state index in [1.54, 1.807) is 25.1 Å². The highest BCUT2D eigenvalue weighted by molar-refractivity contribution is 5.85. The first-order chi connectivity index (χ1) is 10.1. The van der Waals surface area contributed by atoms with Crippen LogP contribution in [-0.2, 0) is 0 Å². The number of H-pyrrole nitrogens is 1. The molecule has 0 aliphatic rings. The largest absolute Gasteiger partial charge is 0.504 e. The lowest BCUT2D eigenvalue weighted by Gasteiger charge is -2.07. The fourth-order valence-electron chi connectivity index (χ4n) is 1.52. The van der Waals surface area contributed by atoms with Crippen LogP contribution in [0.3, 0.4) is 0 Å². The molecule has 1 aromatic carbocycles. The molecule has 2 rings (SSSR count). The number of rotatable bonds is 5. The number of nitrogens with one attached hydrogen (secondary N) is 2. The predicted octanol–water partition coefficient (Wildman–Crippen LogP) is 1.02. The minimum absolute atomic E-state index is 0.00613. The molecule has 0 amide bonds. The normalized spacial score (nSPS) is 10.8. The van der Waals surface area contributed by atoms with Crippen LogP contribution in [0.4, 0.5) is 5.95 Å². The summed E-state index contributed by atoms with van der Waals surface area (Å²) in [6.45, 7) is 3.83. The number of aromatic amines is 1. The van der Waals surface area contributed by atoms with Gasteiger partial charge in [-0.1, -0.05) is 6.07 Å². The van der Waals surface area contributed by atoms with Gasteiger partial charge in [-0.3, -0.25) is 9.78 Å². The van der Waals surface area contributed by atoms with Crippen molar-refractivity contribution in [2.75, 3.05) is 12.0 Å². The van der Waals surface area contributed by atoms with Gasteiger partial charge in [0.15, 0.2) is 11.5 Å². The van der Waals surface area contributed by atoms with Crippen LogP contribution in [0.1, 0.15) is 18.2 Å². The van der Waals surface area contributed by atoms with Crippen molar-refractivity contribution < 1.29 is 9.84 Å². The standard InChI is InChI=1S/C13H15N5O3/c1-3-21-10-6-4-5-9(11(10)19)7-14-17-13-15-12(20)8(2)16-18-13/h4-7,19H,3H2,1-2H3,(H2,15,17,18,20). The molecule has 0 aliphatic heterocycles. The third-order valence-electron chi connectivity index (χ3n) is 2.56. The van der Waals surface area contributed by atoms with Gasteiger partial charge >= 0.3 is 0 Å². The molecule has 2 aromatic rings. The molecule has 110 valence electrons. The number of hydrazone groups is 1. The van der Waals surface area contributed by atoms with Crippen LogP contribution < -0.4 is 15.7 Å². The minimum atomic E-state index is -0.344. The second-order valence-corrected chi connectivity index (χ2v) is 4.09. The smallest absolute Gasteiger partial charge is 0.274 e. The lowest BCUT2D eigenvalue weighted by atomic mass is 10.2. The van der Waals surface area contributed by atoms with Gasteiger partial charge in [-0.05, 0) is 26.0 Å². The molecule has 1 aromatic heterocycles. The quantitative estimate of drug-likeness (QED) is 0.559. The summed E-state index contributed by atoms with van der Waals surface area (Å²) >= 11 is 0. The lowest BCUT2D eigenvalue weighted by molar-refractivity contribution is 0.318. The second-order valence-electron chi connectivity index (χ2n) is 4.09. The summed E-state index contributed by atoms with van der Waals surface area (Å²) in [4.78, 5) is 13.8. The summed E-state index contributed by atoms with van der Waals surface area (Å²) < 4.78 is 5.27. The van der Waals surface area contributed by atoms with E-state index in [4.69, 9.17) is 4.74 Å². The number of nitrogens with zero attached hydrogens (tertiary/aromatic N) is 3. The molecule has 1 heterocycles. The number of para-hydroxylation sites is 1. The van der Waals surface area contributed by atoms with Crippen molar-refractivity contribution in [1.82, 2.24) is 15.2 Å². The number of anilines is 1. The number of ether oxygens (including phenoxy) is 1. The number of phenols is 1. The van der Waals surface area contributed by atoms with Gasteiger partial charge in [0.25, 0.3) is 5.56 Å². The van der Waals surface area contributed by atoms with Crippen molar-refractivity contribution in [3.05, 3.63) is 39.8 Å². The van der Waals surface area contributed by atoms with Gasteiger partial charge in [0.2, 0.25) is 5.95 Å². The monoisotopic (exact) mass is 289 g/mol. The molecule has 0 unspecified atom stereocenters. The van der Waals surface area contributed by atoms with E-state index in [0.717, 1.165) is 0 Å². The SMILES string of the molecule is CCOc1cccc(C=NNc2nnc(C)c(=O)[nH]2)c1O. The van der Waals surface area contributed by atoms with Crippen LogP contribution >= 0.6 is 0 Å². The molecule has 0 saturated heterocycles. The molecular weight excluding hydrogens is 274 g/mol. The highest BCUT2D eigenvalue weighted by Crippen LogP contribution is 2.28. The number of aromatic hydroxyl groups is 1.